The van der Waals surface area contributed by atoms with Crippen LogP contribution in [-0.4, -0.2) is 76.6 Å². The van der Waals surface area contributed by atoms with Crippen LogP contribution in [0.2, 0.25) is 0 Å². The predicted molar refractivity (Wildman–Crippen MR) is 243 cm³/mol. The number of ether oxygens (including phenoxy) is 2. The summed E-state index contributed by atoms with van der Waals surface area (Å²) in [5.41, 5.74) is 9.61. The van der Waals surface area contributed by atoms with Crippen LogP contribution in [0.4, 0.5) is 22.7 Å². The second-order valence-corrected chi connectivity index (χ2v) is 17.4. The number of rotatable bonds is 18. The van der Waals surface area contributed by atoms with E-state index in [1.165, 1.54) is 58.1 Å². The Labute approximate surface area is 341 Å². The fraction of sp³-hybridized carbons (Fsp3) is 0.370. The van der Waals surface area contributed by atoms with E-state index in [0.717, 1.165) is 87.2 Å². The molecule has 0 unspecified atom stereocenters. The van der Waals surface area contributed by atoms with Gasteiger partial charge in [0.05, 0.1) is 49.4 Å². The van der Waals surface area contributed by atoms with Crippen molar-refractivity contribution in [3.05, 3.63) is 108 Å². The third kappa shape index (κ3) is 9.82. The molecule has 1 N–H and O–H groups in total. The number of anilines is 4. The van der Waals surface area contributed by atoms with Crippen molar-refractivity contribution in [3.63, 3.8) is 0 Å². The van der Waals surface area contributed by atoms with Gasteiger partial charge in [-0.2, -0.15) is 0 Å². The van der Waals surface area contributed by atoms with Crippen molar-refractivity contribution < 1.29 is 14.0 Å². The molecule has 0 radical (unpaired) electrons. The number of aromatic nitrogens is 2. The normalized spacial score (nSPS) is 13.9. The largest absolute Gasteiger partial charge is 0.490 e. The third-order valence-corrected chi connectivity index (χ3v) is 13.2. The molecule has 294 valence electrons. The first-order valence-corrected chi connectivity index (χ1v) is 22.5. The Morgan fingerprint density at radius 2 is 1.39 bits per heavy atom. The molecule has 0 spiro atoms. The van der Waals surface area contributed by atoms with Crippen LogP contribution in [0.3, 0.4) is 0 Å². The zero-order chi connectivity index (χ0) is 38.7. The second kappa shape index (κ2) is 19.5. The second-order valence-electron chi connectivity index (χ2n) is 14.7. The third-order valence-electron chi connectivity index (χ3n) is 10.7. The standard InChI is InChI=1S/C46H57N6O2S2/c1-48(26-13-14-36-19-22-42-44(34-36)53-30-28-49(42)2)39-16-6-5-15-38(39)47-25-9-11-32-55-56-33-12-10-27-52-41-18-8-7-17-40(41)51(4)46(52)24-21-37-20-23-43-45(35-37)54-31-29-50(43)3/h5-8,13-24,34-35,47H,9-12,25-33H2,1-4H3/q+1/b14-13+. The van der Waals surface area contributed by atoms with Gasteiger partial charge in [-0.15, -0.1) is 0 Å². The molecule has 5 aromatic rings. The van der Waals surface area contributed by atoms with Gasteiger partial charge in [0.25, 0.3) is 5.82 Å². The van der Waals surface area contributed by atoms with Gasteiger partial charge in [-0.05, 0) is 91.4 Å². The number of benzene rings is 4. The highest BCUT2D eigenvalue weighted by molar-refractivity contribution is 8.76. The Morgan fingerprint density at radius 3 is 2.12 bits per heavy atom. The molecule has 2 aliphatic rings. The Balaban J connectivity index is 0.808. The minimum Gasteiger partial charge on any atom is -0.490 e. The van der Waals surface area contributed by atoms with Gasteiger partial charge in [0.1, 0.15) is 24.7 Å². The molecule has 10 heteroatoms. The summed E-state index contributed by atoms with van der Waals surface area (Å²) in [6.07, 6.45) is 13.6. The molecular formula is C46H57N6O2S2+. The van der Waals surface area contributed by atoms with Crippen molar-refractivity contribution in [1.82, 2.24) is 4.57 Å². The number of aryl methyl sites for hydroxylation is 2. The maximum absolute atomic E-state index is 5.96. The van der Waals surface area contributed by atoms with Crippen molar-refractivity contribution in [2.75, 3.05) is 92.1 Å². The predicted octanol–water partition coefficient (Wildman–Crippen LogP) is 9.50. The molecule has 1 aromatic heterocycles. The SMILES string of the molecule is CN(C/C=C/c1ccc2c(c1)OCCN2C)c1ccccc1NCCCCSSCCCCn1c(/C=C/c2ccc3c(c2)OCCN3C)[n+](C)c2ccccc21. The van der Waals surface area contributed by atoms with E-state index in [-0.39, 0.29) is 0 Å². The molecule has 0 saturated carbocycles. The molecule has 56 heavy (non-hydrogen) atoms. The Kier molecular flexibility index (Phi) is 13.7. The van der Waals surface area contributed by atoms with Crippen LogP contribution in [0.5, 0.6) is 11.5 Å². The highest BCUT2D eigenvalue weighted by Crippen LogP contribution is 2.33. The number of imidazole rings is 1. The number of nitrogens with one attached hydrogen (secondary N) is 1. The molecule has 0 bridgehead atoms. The van der Waals surface area contributed by atoms with Crippen molar-refractivity contribution in [2.45, 2.75) is 32.2 Å². The summed E-state index contributed by atoms with van der Waals surface area (Å²) in [4.78, 5) is 6.81. The number of para-hydroxylation sites is 4. The van der Waals surface area contributed by atoms with E-state index in [2.05, 4.69) is 167 Å². The van der Waals surface area contributed by atoms with Gasteiger partial charge in [0.15, 0.2) is 11.0 Å². The number of hydrogen-bond acceptors (Lipinski definition) is 8. The van der Waals surface area contributed by atoms with Crippen molar-refractivity contribution in [2.24, 2.45) is 7.05 Å². The Hall–Kier alpha value is -4.67. The van der Waals surface area contributed by atoms with E-state index in [4.69, 9.17) is 9.47 Å². The number of hydrogen-bond donors (Lipinski definition) is 1. The Morgan fingerprint density at radius 1 is 0.750 bits per heavy atom. The lowest BCUT2D eigenvalue weighted by Gasteiger charge is -2.27. The van der Waals surface area contributed by atoms with Crippen LogP contribution in [0, 0.1) is 0 Å². The zero-order valence-electron chi connectivity index (χ0n) is 33.5. The molecule has 7 rings (SSSR count). The van der Waals surface area contributed by atoms with Crippen LogP contribution in [-0.2, 0) is 13.6 Å². The van der Waals surface area contributed by atoms with Crippen LogP contribution in [0.15, 0.2) is 91.0 Å². The van der Waals surface area contributed by atoms with E-state index in [1.807, 2.05) is 21.6 Å². The van der Waals surface area contributed by atoms with Gasteiger partial charge in [-0.1, -0.05) is 70.1 Å². The van der Waals surface area contributed by atoms with Crippen molar-refractivity contribution >= 4 is 73.6 Å². The van der Waals surface area contributed by atoms with Crippen molar-refractivity contribution in [3.8, 4) is 11.5 Å². The minimum absolute atomic E-state index is 0.731. The van der Waals surface area contributed by atoms with Crippen LogP contribution in [0.1, 0.15) is 42.6 Å². The maximum atomic E-state index is 5.96. The average molecular weight is 790 g/mol. The highest BCUT2D eigenvalue weighted by Gasteiger charge is 2.21. The number of nitrogens with zero attached hydrogens (tertiary/aromatic N) is 5. The highest BCUT2D eigenvalue weighted by atomic mass is 33.1. The summed E-state index contributed by atoms with van der Waals surface area (Å²) < 4.78 is 16.6. The number of fused-ring (bicyclic) bond motifs is 3. The van der Waals surface area contributed by atoms with Gasteiger partial charge in [0, 0.05) is 51.8 Å². The first-order chi connectivity index (χ1) is 27.5. The average Bonchev–Trinajstić information content (AvgIpc) is 3.49. The van der Waals surface area contributed by atoms with Gasteiger partial charge >= 0.3 is 0 Å². The fourth-order valence-corrected chi connectivity index (χ4v) is 9.72. The van der Waals surface area contributed by atoms with Crippen LogP contribution in [0.25, 0.3) is 29.3 Å². The zero-order valence-corrected chi connectivity index (χ0v) is 35.1. The van der Waals surface area contributed by atoms with E-state index in [9.17, 15) is 0 Å². The molecule has 0 saturated heterocycles. The minimum atomic E-state index is 0.731. The number of likely N-dealkylation sites (N-methyl/N-ethyl adjacent to an activating group) is 3. The molecule has 0 atom stereocenters. The van der Waals surface area contributed by atoms with Crippen LogP contribution < -0.4 is 34.1 Å². The lowest BCUT2D eigenvalue weighted by atomic mass is 10.1. The molecular weight excluding hydrogens is 733 g/mol. The molecule has 3 heterocycles. The summed E-state index contributed by atoms with van der Waals surface area (Å²) in [5, 5.41) is 3.71. The van der Waals surface area contributed by atoms with Gasteiger partial charge in [0.2, 0.25) is 0 Å². The summed E-state index contributed by atoms with van der Waals surface area (Å²) >= 11 is 0. The van der Waals surface area contributed by atoms with Crippen LogP contribution >= 0.6 is 21.6 Å². The topological polar surface area (TPSA) is 49.0 Å². The first-order valence-electron chi connectivity index (χ1n) is 20.0. The summed E-state index contributed by atoms with van der Waals surface area (Å²) in [5.74, 6) is 5.51. The molecule has 8 nitrogen and oxygen atoms in total. The monoisotopic (exact) mass is 789 g/mol. The maximum Gasteiger partial charge on any atom is 0.282 e. The Bertz CT molecular complexity index is 2130. The smallest absolute Gasteiger partial charge is 0.282 e. The fourth-order valence-electron chi connectivity index (χ4n) is 7.43. The molecule has 4 aromatic carbocycles. The van der Waals surface area contributed by atoms with E-state index < -0.39 is 0 Å². The van der Waals surface area contributed by atoms with Gasteiger partial charge in [-0.25, -0.2) is 9.13 Å². The summed E-state index contributed by atoms with van der Waals surface area (Å²) in [7, 11) is 12.6. The summed E-state index contributed by atoms with van der Waals surface area (Å²) in [6.45, 7) is 6.13. The van der Waals surface area contributed by atoms with Crippen molar-refractivity contribution in [1.29, 1.82) is 0 Å². The lowest BCUT2D eigenvalue weighted by molar-refractivity contribution is -0.647. The first kappa shape index (κ1) is 39.6. The van der Waals surface area contributed by atoms with E-state index >= 15 is 0 Å². The molecule has 2 aliphatic heterocycles. The van der Waals surface area contributed by atoms with E-state index in [0.29, 0.717) is 0 Å². The quantitative estimate of drug-likeness (QED) is 0.0536. The molecule has 0 amide bonds. The number of unbranched alkanes of at least 4 members (excludes halogenated alkanes) is 2. The van der Waals surface area contributed by atoms with Gasteiger partial charge < -0.3 is 29.5 Å². The molecule has 0 aliphatic carbocycles. The molecule has 0 fully saturated rings. The lowest BCUT2D eigenvalue weighted by Crippen LogP contribution is -2.31. The summed E-state index contributed by atoms with van der Waals surface area (Å²) in [6, 6.07) is 30.4. The van der Waals surface area contributed by atoms with Gasteiger partial charge in [-0.3, -0.25) is 0 Å². The van der Waals surface area contributed by atoms with E-state index in [1.54, 1.807) is 0 Å².